The maximum absolute atomic E-state index is 13.0. The van der Waals surface area contributed by atoms with Gasteiger partial charge in [-0.3, -0.25) is 0 Å². The molecule has 2 heterocycles. The van der Waals surface area contributed by atoms with Crippen LogP contribution in [0, 0.1) is 34.6 Å². The molecule has 0 saturated carbocycles. The van der Waals surface area contributed by atoms with E-state index in [2.05, 4.69) is 5.10 Å². The fourth-order valence-corrected chi connectivity index (χ4v) is 4.05. The quantitative estimate of drug-likeness (QED) is 0.744. The highest BCUT2D eigenvalue weighted by Gasteiger charge is 2.48. The Kier molecular flexibility index (Phi) is 3.91. The zero-order valence-electron chi connectivity index (χ0n) is 14.9. The molecule has 0 spiro atoms. The van der Waals surface area contributed by atoms with Gasteiger partial charge in [-0.25, -0.2) is 4.79 Å². The van der Waals surface area contributed by atoms with Crippen molar-refractivity contribution in [2.75, 3.05) is 0 Å². The number of aromatic nitrogens is 2. The second kappa shape index (κ2) is 5.55. The van der Waals surface area contributed by atoms with Gasteiger partial charge in [0, 0.05) is 18.4 Å². The van der Waals surface area contributed by atoms with Gasteiger partial charge in [0.05, 0.1) is 0 Å². The van der Waals surface area contributed by atoms with Gasteiger partial charge in [0.1, 0.15) is 5.75 Å². The van der Waals surface area contributed by atoms with Crippen molar-refractivity contribution in [1.29, 1.82) is 0 Å². The van der Waals surface area contributed by atoms with Crippen LogP contribution in [0.2, 0.25) is 0 Å². The number of hydrogen-bond donors (Lipinski definition) is 0. The van der Waals surface area contributed by atoms with Crippen LogP contribution in [0.1, 0.15) is 50.4 Å². The molecule has 1 aromatic carbocycles. The summed E-state index contributed by atoms with van der Waals surface area (Å²) in [4.78, 5) is 13.0. The molecule has 0 fully saturated rings. The van der Waals surface area contributed by atoms with Crippen molar-refractivity contribution < 1.29 is 19.3 Å². The molecular weight excluding hydrogens is 324 g/mol. The van der Waals surface area contributed by atoms with Crippen LogP contribution in [0.15, 0.2) is 0 Å². The minimum Gasteiger partial charge on any atom is -0.872 e. The van der Waals surface area contributed by atoms with Gasteiger partial charge in [0.25, 0.3) is 5.01 Å². The van der Waals surface area contributed by atoms with Crippen LogP contribution in [0.4, 0.5) is 0 Å². The maximum Gasteiger partial charge on any atom is 0.461 e. The first kappa shape index (κ1) is 16.9. The molecule has 1 aromatic heterocycles. The Hall–Kier alpha value is -1.95. The topological polar surface area (TPSA) is 66.1 Å². The number of aryl methyl sites for hydroxylation is 2. The summed E-state index contributed by atoms with van der Waals surface area (Å²) in [7, 11) is 0. The van der Waals surface area contributed by atoms with E-state index in [1.165, 1.54) is 16.0 Å². The molecule has 0 amide bonds. The third-order valence-corrected chi connectivity index (χ3v) is 5.82. The molecule has 24 heavy (non-hydrogen) atoms. The highest BCUT2D eigenvalue weighted by molar-refractivity contribution is 7.10. The summed E-state index contributed by atoms with van der Waals surface area (Å²) in [6.07, 6.45) is 1.19. The van der Waals surface area contributed by atoms with Crippen LogP contribution in [-0.4, -0.2) is 16.6 Å². The Labute approximate surface area is 145 Å². The first-order valence-corrected chi connectivity index (χ1v) is 8.87. The van der Waals surface area contributed by atoms with Gasteiger partial charge in [-0.15, -0.1) is 5.75 Å². The van der Waals surface area contributed by atoms with Gasteiger partial charge >= 0.3 is 5.91 Å². The van der Waals surface area contributed by atoms with Crippen molar-refractivity contribution >= 4 is 17.2 Å². The monoisotopic (exact) mass is 346 g/mol. The number of ether oxygens (including phenoxy) is 1. The summed E-state index contributed by atoms with van der Waals surface area (Å²) in [5, 5.41) is 18.3. The highest BCUT2D eigenvalue weighted by atomic mass is 32.1. The van der Waals surface area contributed by atoms with Crippen LogP contribution in [-0.2, 0) is 6.42 Å². The van der Waals surface area contributed by atoms with Gasteiger partial charge in [0.15, 0.2) is 5.01 Å². The van der Waals surface area contributed by atoms with E-state index >= 15 is 0 Å². The average Bonchev–Trinajstić information content (AvgIpc) is 2.88. The van der Waals surface area contributed by atoms with E-state index in [1.807, 2.05) is 41.5 Å². The molecule has 0 N–H and O–H groups in total. The van der Waals surface area contributed by atoms with Crippen LogP contribution in [0.5, 0.6) is 11.5 Å². The molecule has 2 aromatic rings. The lowest BCUT2D eigenvalue weighted by Gasteiger charge is -2.35. The molecule has 0 radical (unpaired) electrons. The fourth-order valence-electron chi connectivity index (χ4n) is 3.29. The minimum atomic E-state index is -0.975. The van der Waals surface area contributed by atoms with Crippen LogP contribution in [0.25, 0.3) is 0 Å². The summed E-state index contributed by atoms with van der Waals surface area (Å²) in [5.41, 5.74) is 2.21. The Bertz CT molecular complexity index is 857. The van der Waals surface area contributed by atoms with Crippen molar-refractivity contribution in [1.82, 2.24) is 5.10 Å². The Morgan fingerprint density at radius 2 is 1.88 bits per heavy atom. The molecule has 1 aliphatic rings. The highest BCUT2D eigenvalue weighted by Crippen LogP contribution is 2.42. The summed E-state index contributed by atoms with van der Waals surface area (Å²) in [6.45, 7) is 11.1. The van der Waals surface area contributed by atoms with Crippen LogP contribution >= 0.6 is 11.3 Å². The Morgan fingerprint density at radius 1 is 1.21 bits per heavy atom. The number of nitrogens with zero attached hydrogens (tertiary/aromatic N) is 2. The van der Waals surface area contributed by atoms with E-state index in [0.29, 0.717) is 24.2 Å². The van der Waals surface area contributed by atoms with Gasteiger partial charge in [-0.1, -0.05) is 11.1 Å². The molecule has 3 rings (SSSR count). The third-order valence-electron chi connectivity index (χ3n) is 4.97. The van der Waals surface area contributed by atoms with Crippen molar-refractivity contribution in [2.45, 2.75) is 60.0 Å². The SMILES string of the molecule is Cc1n[n+](C(=O)C2(C)CCc3c(C)c([O-])c(C)c(C)c3O2)c(C)s1. The molecular formula is C18H22N2O3S. The number of rotatable bonds is 1. The number of carbonyl (C=O) groups excluding carboxylic acids is 1. The second-order valence-electron chi connectivity index (χ2n) is 6.70. The lowest BCUT2D eigenvalue weighted by molar-refractivity contribution is -0.643. The molecule has 0 aliphatic carbocycles. The molecule has 1 unspecified atom stereocenters. The minimum absolute atomic E-state index is 0.0742. The van der Waals surface area contributed by atoms with E-state index in [0.717, 1.165) is 26.7 Å². The Morgan fingerprint density at radius 3 is 2.46 bits per heavy atom. The van der Waals surface area contributed by atoms with Crippen LogP contribution < -0.4 is 14.5 Å². The standard InChI is InChI=1S/C18H22N2O3S/c1-9-10(2)16-14(11(3)15(9)21)7-8-18(6,23-16)17(22)20-13(5)24-12(4)19-20/h7-8H2,1-6H3. The number of fused-ring (bicyclic) bond motifs is 1. The first-order chi connectivity index (χ1) is 11.2. The van der Waals surface area contributed by atoms with Gasteiger partial charge in [0.2, 0.25) is 5.60 Å². The average molecular weight is 346 g/mol. The molecule has 0 bridgehead atoms. The molecule has 1 aliphatic heterocycles. The second-order valence-corrected chi connectivity index (χ2v) is 8.09. The number of hydrogen-bond acceptors (Lipinski definition) is 5. The summed E-state index contributed by atoms with van der Waals surface area (Å²) in [6, 6.07) is 0. The molecule has 6 heteroatoms. The van der Waals surface area contributed by atoms with Crippen molar-refractivity contribution in [3.63, 3.8) is 0 Å². The van der Waals surface area contributed by atoms with E-state index in [1.54, 1.807) is 0 Å². The lowest BCUT2D eigenvalue weighted by atomic mass is 9.86. The number of carbonyl (C=O) groups is 1. The molecule has 0 saturated heterocycles. The molecule has 128 valence electrons. The molecule has 5 nitrogen and oxygen atoms in total. The molecule has 1 atom stereocenters. The maximum atomic E-state index is 13.0. The zero-order valence-corrected chi connectivity index (χ0v) is 15.8. The van der Waals surface area contributed by atoms with Crippen molar-refractivity contribution in [3.05, 3.63) is 32.3 Å². The summed E-state index contributed by atoms with van der Waals surface area (Å²) < 4.78 is 7.65. The summed E-state index contributed by atoms with van der Waals surface area (Å²) >= 11 is 1.49. The van der Waals surface area contributed by atoms with E-state index in [9.17, 15) is 9.90 Å². The smallest absolute Gasteiger partial charge is 0.461 e. The lowest BCUT2D eigenvalue weighted by Crippen LogP contribution is -2.61. The van der Waals surface area contributed by atoms with Gasteiger partial charge in [-0.05, 0) is 68.2 Å². The summed E-state index contributed by atoms with van der Waals surface area (Å²) in [5.74, 6) is 0.609. The fraction of sp³-hybridized carbons (Fsp3) is 0.500. The van der Waals surface area contributed by atoms with E-state index in [4.69, 9.17) is 4.74 Å². The normalized spacial score (nSPS) is 19.8. The predicted octanol–water partition coefficient (Wildman–Crippen LogP) is 2.47. The largest absolute Gasteiger partial charge is 0.872 e. The number of benzene rings is 1. The first-order valence-electron chi connectivity index (χ1n) is 8.05. The van der Waals surface area contributed by atoms with Crippen molar-refractivity contribution in [3.8, 4) is 11.5 Å². The van der Waals surface area contributed by atoms with E-state index in [-0.39, 0.29) is 11.7 Å². The Balaban J connectivity index is 2.06. The van der Waals surface area contributed by atoms with Gasteiger partial charge in [-0.2, -0.15) is 0 Å². The van der Waals surface area contributed by atoms with Gasteiger partial charge < -0.3 is 9.84 Å². The van der Waals surface area contributed by atoms with Crippen molar-refractivity contribution in [2.24, 2.45) is 0 Å². The third kappa shape index (κ3) is 2.40. The van der Waals surface area contributed by atoms with E-state index < -0.39 is 5.60 Å². The zero-order chi connectivity index (χ0) is 17.8. The van der Waals surface area contributed by atoms with Crippen LogP contribution in [0.3, 0.4) is 0 Å². The predicted molar refractivity (Wildman–Crippen MR) is 89.9 cm³/mol.